The first-order valence-corrected chi connectivity index (χ1v) is 28.2. The number of aliphatic hydroxyl groups is 1. The molecule has 0 spiro atoms. The van der Waals surface area contributed by atoms with E-state index in [1.807, 2.05) is 25.1 Å². The highest BCUT2D eigenvalue weighted by molar-refractivity contribution is 6.38. The second-order valence-corrected chi connectivity index (χ2v) is 21.0. The predicted octanol–water partition coefficient (Wildman–Crippen LogP) is 9.45. The number of ketones is 1. The molecule has 84 heavy (non-hydrogen) atoms. The number of benzene rings is 5. The number of ether oxygens (including phenoxy) is 4. The standard InChI is InChI=1S/C63H75F3N6O12/c1-5-62(2,3)56(75)59(78)72-36-14-12-24-52(72)60(79)84-54(32-26-42-25-31-53(81-4)45(37-42)39-73)44-27-29-48(30-28-44)82-41-55(74)67-33-13-11-23-51(71-61(80)83-40-43-17-7-6-8-18-43)58(77)69-35-16-34-68-57(76)49-21-9-10-22-50(49)70-47-20-15-19-46(38-47)63(64,65)66/h6-10,15,17-22,25,27-31,37-38,51-52,54,70,73H,5,11-14,16,23-24,26,32-36,39-41H2,1-4H3,(H,67,74)(H,68,76)(H,69,77)(H,71,80)/t51?,52-,54+/m0/s1. The van der Waals surface area contributed by atoms with Gasteiger partial charge in [0.15, 0.2) is 6.61 Å². The van der Waals surface area contributed by atoms with E-state index in [4.69, 9.17) is 18.9 Å². The fourth-order valence-corrected chi connectivity index (χ4v) is 9.22. The summed E-state index contributed by atoms with van der Waals surface area (Å²) in [5, 5.41) is 23.8. The van der Waals surface area contributed by atoms with Crippen LogP contribution in [0.1, 0.15) is 123 Å². The van der Waals surface area contributed by atoms with Gasteiger partial charge in [0.1, 0.15) is 36.3 Å². The number of anilines is 2. The highest BCUT2D eigenvalue weighted by Gasteiger charge is 2.41. The van der Waals surface area contributed by atoms with Crippen LogP contribution in [0.15, 0.2) is 121 Å². The first kappa shape index (κ1) is 64.7. The zero-order chi connectivity index (χ0) is 60.7. The van der Waals surface area contributed by atoms with Crippen LogP contribution in [-0.2, 0) is 59.3 Å². The molecule has 6 N–H and O–H groups in total. The quantitative estimate of drug-likeness (QED) is 0.0143. The molecule has 0 aliphatic carbocycles. The number of nitrogens with zero attached hydrogens (tertiary/aromatic N) is 1. The van der Waals surface area contributed by atoms with Crippen LogP contribution in [0.2, 0.25) is 0 Å². The van der Waals surface area contributed by atoms with E-state index in [0.29, 0.717) is 86.1 Å². The molecule has 1 fully saturated rings. The lowest BCUT2D eigenvalue weighted by Crippen LogP contribution is -2.53. The normalized spacial score (nSPS) is 14.0. The van der Waals surface area contributed by atoms with Crippen molar-refractivity contribution in [2.24, 2.45) is 5.41 Å². The van der Waals surface area contributed by atoms with Gasteiger partial charge in [0.2, 0.25) is 11.7 Å². The molecule has 0 bridgehead atoms. The van der Waals surface area contributed by atoms with E-state index in [-0.39, 0.29) is 63.7 Å². The fraction of sp³-hybridized carbons (Fsp3) is 0.413. The Morgan fingerprint density at radius 1 is 0.762 bits per heavy atom. The highest BCUT2D eigenvalue weighted by Crippen LogP contribution is 2.33. The van der Waals surface area contributed by atoms with Crippen molar-refractivity contribution in [2.45, 2.75) is 123 Å². The van der Waals surface area contributed by atoms with Crippen molar-refractivity contribution in [1.29, 1.82) is 0 Å². The zero-order valence-corrected chi connectivity index (χ0v) is 47.8. The van der Waals surface area contributed by atoms with Crippen molar-refractivity contribution < 1.29 is 70.8 Å². The first-order valence-electron chi connectivity index (χ1n) is 28.2. The van der Waals surface area contributed by atoms with Gasteiger partial charge in [0.05, 0.1) is 30.5 Å². The third-order valence-corrected chi connectivity index (χ3v) is 14.5. The van der Waals surface area contributed by atoms with Gasteiger partial charge in [0.25, 0.3) is 17.7 Å². The topological polar surface area (TPSA) is 240 Å². The maximum atomic E-state index is 14.0. The van der Waals surface area contributed by atoms with Gasteiger partial charge in [-0.1, -0.05) is 87.5 Å². The Bertz CT molecular complexity index is 3010. The molecule has 0 aromatic heterocycles. The number of Topliss-reactive ketones (excluding diaryl/α,β-unsaturated/α-hetero) is 1. The number of piperidine rings is 1. The second-order valence-electron chi connectivity index (χ2n) is 21.0. The first-order chi connectivity index (χ1) is 40.3. The average molecular weight is 1170 g/mol. The minimum atomic E-state index is -4.54. The molecule has 1 unspecified atom stereocenters. The van der Waals surface area contributed by atoms with Crippen LogP contribution in [0, 0.1) is 5.41 Å². The molecule has 1 aliphatic rings. The Morgan fingerprint density at radius 3 is 2.21 bits per heavy atom. The van der Waals surface area contributed by atoms with Gasteiger partial charge in [-0.25, -0.2) is 9.59 Å². The van der Waals surface area contributed by atoms with Crippen LogP contribution in [0.4, 0.5) is 29.3 Å². The number of rotatable bonds is 30. The molecule has 0 saturated carbocycles. The summed E-state index contributed by atoms with van der Waals surface area (Å²) in [6, 6.07) is 30.2. The summed E-state index contributed by atoms with van der Waals surface area (Å²) in [5.41, 5.74) is 1.74. The molecule has 18 nitrogen and oxygen atoms in total. The summed E-state index contributed by atoms with van der Waals surface area (Å²) in [6.07, 6.45) is -1.94. The Labute approximate surface area is 487 Å². The number of likely N-dealkylation sites (tertiary alicyclic amines) is 1. The van der Waals surface area contributed by atoms with E-state index in [0.717, 1.165) is 23.3 Å². The Balaban J connectivity index is 0.991. The number of alkyl carbamates (subject to hydrolysis) is 1. The van der Waals surface area contributed by atoms with Crippen LogP contribution in [0.3, 0.4) is 0 Å². The van der Waals surface area contributed by atoms with Gasteiger partial charge in [-0.3, -0.25) is 24.0 Å². The zero-order valence-electron chi connectivity index (χ0n) is 47.8. The molecule has 5 aromatic carbocycles. The minimum absolute atomic E-state index is 0.0291. The number of halogens is 3. The third-order valence-electron chi connectivity index (χ3n) is 14.5. The maximum absolute atomic E-state index is 14.0. The van der Waals surface area contributed by atoms with Crippen LogP contribution in [0.5, 0.6) is 11.5 Å². The van der Waals surface area contributed by atoms with Gasteiger partial charge in [-0.15, -0.1) is 0 Å². The minimum Gasteiger partial charge on any atom is -0.496 e. The maximum Gasteiger partial charge on any atom is 0.416 e. The molecule has 1 saturated heterocycles. The van der Waals surface area contributed by atoms with Gasteiger partial charge in [-0.05, 0) is 135 Å². The van der Waals surface area contributed by atoms with Crippen LogP contribution >= 0.6 is 0 Å². The van der Waals surface area contributed by atoms with Crippen molar-refractivity contribution in [2.75, 3.05) is 45.2 Å². The molecule has 21 heteroatoms. The lowest BCUT2D eigenvalue weighted by atomic mass is 9.84. The Hall–Kier alpha value is -8.46. The number of para-hydroxylation sites is 1. The van der Waals surface area contributed by atoms with Crippen LogP contribution in [0.25, 0.3) is 0 Å². The lowest BCUT2D eigenvalue weighted by Gasteiger charge is -2.36. The Morgan fingerprint density at radius 2 is 1.49 bits per heavy atom. The summed E-state index contributed by atoms with van der Waals surface area (Å²) in [6.45, 7) is 5.40. The number of methoxy groups -OCH3 is 1. The number of aryl methyl sites for hydroxylation is 1. The monoisotopic (exact) mass is 1160 g/mol. The number of unbranched alkanes of at least 4 members (excludes halogenated alkanes) is 1. The number of carbonyl (C=O) groups is 7. The number of hydrogen-bond donors (Lipinski definition) is 6. The smallest absolute Gasteiger partial charge is 0.416 e. The number of alkyl halides is 3. The van der Waals surface area contributed by atoms with E-state index < -0.39 is 76.8 Å². The molecule has 5 amide bonds. The largest absolute Gasteiger partial charge is 0.496 e. The number of amides is 5. The van der Waals surface area contributed by atoms with Crippen molar-refractivity contribution in [3.63, 3.8) is 0 Å². The molecule has 6 rings (SSSR count). The number of nitrogens with one attached hydrogen (secondary N) is 5. The van der Waals surface area contributed by atoms with Gasteiger partial charge < -0.3 is 55.5 Å². The third kappa shape index (κ3) is 19.6. The SMILES string of the molecule is CCC(C)(C)C(=O)C(=O)N1CCCC[C@H]1C(=O)O[C@H](CCc1ccc(OC)c(CO)c1)c1ccc(OCC(=O)NCCCCC(NC(=O)OCc2ccccc2)C(=O)NCCCNC(=O)c2ccccc2Nc2cccc(C(F)(F)F)c2)cc1. The fourth-order valence-electron chi connectivity index (χ4n) is 9.22. The molecule has 450 valence electrons. The Kier molecular flexibility index (Phi) is 24.5. The summed E-state index contributed by atoms with van der Waals surface area (Å²) < 4.78 is 62.7. The molecular weight excluding hydrogens is 1090 g/mol. The number of aliphatic hydroxyl groups excluding tert-OH is 1. The van der Waals surface area contributed by atoms with Crippen LogP contribution < -0.4 is 36.1 Å². The molecule has 0 radical (unpaired) electrons. The second kappa shape index (κ2) is 31.8. The van der Waals surface area contributed by atoms with E-state index in [1.165, 1.54) is 30.2 Å². The van der Waals surface area contributed by atoms with E-state index in [1.54, 1.807) is 86.6 Å². The lowest BCUT2D eigenvalue weighted by molar-refractivity contribution is -0.164. The number of carbonyl (C=O) groups excluding carboxylic acids is 7. The summed E-state index contributed by atoms with van der Waals surface area (Å²) in [7, 11) is 1.52. The molecular formula is C63H75F3N6O12. The van der Waals surface area contributed by atoms with Crippen molar-refractivity contribution in [3.8, 4) is 11.5 Å². The molecule has 5 aromatic rings. The molecule has 1 aliphatic heterocycles. The summed E-state index contributed by atoms with van der Waals surface area (Å²) in [5.74, 6) is -2.38. The molecule has 3 atom stereocenters. The van der Waals surface area contributed by atoms with E-state index in [2.05, 4.69) is 26.6 Å². The summed E-state index contributed by atoms with van der Waals surface area (Å²) in [4.78, 5) is 94.7. The van der Waals surface area contributed by atoms with Gasteiger partial charge in [0, 0.05) is 42.8 Å². The van der Waals surface area contributed by atoms with E-state index in [9.17, 15) is 51.8 Å². The predicted molar refractivity (Wildman–Crippen MR) is 308 cm³/mol. The average Bonchev–Trinajstić information content (AvgIpc) is 3.46. The summed E-state index contributed by atoms with van der Waals surface area (Å²) >= 11 is 0. The number of hydrogen-bond acceptors (Lipinski definition) is 13. The molecule has 1 heterocycles. The van der Waals surface area contributed by atoms with Gasteiger partial charge in [-0.2, -0.15) is 13.2 Å². The van der Waals surface area contributed by atoms with E-state index >= 15 is 0 Å². The van der Waals surface area contributed by atoms with Crippen molar-refractivity contribution >= 4 is 52.8 Å². The van der Waals surface area contributed by atoms with Gasteiger partial charge >= 0.3 is 18.2 Å². The van der Waals surface area contributed by atoms with Crippen molar-refractivity contribution in [3.05, 3.63) is 155 Å². The van der Waals surface area contributed by atoms with Crippen molar-refractivity contribution in [1.82, 2.24) is 26.2 Å². The highest BCUT2D eigenvalue weighted by atomic mass is 19.4. The number of esters is 1. The van der Waals surface area contributed by atoms with Crippen LogP contribution in [-0.4, -0.2) is 103 Å².